The van der Waals surface area contributed by atoms with E-state index in [2.05, 4.69) is 15.8 Å². The Bertz CT molecular complexity index is 1580. The van der Waals surface area contributed by atoms with Gasteiger partial charge >= 0.3 is 10.1 Å². The Labute approximate surface area is 219 Å². The van der Waals surface area contributed by atoms with Gasteiger partial charge < -0.3 is 18.8 Å². The van der Waals surface area contributed by atoms with Gasteiger partial charge in [0.2, 0.25) is 5.91 Å². The first-order valence-electron chi connectivity index (χ1n) is 11.3. The number of benzene rings is 3. The molecule has 0 fully saturated rings. The number of hydrogen-bond acceptors (Lipinski definition) is 7. The number of carbonyl (C=O) groups excluding carboxylic acids is 2. The van der Waals surface area contributed by atoms with E-state index in [1.165, 1.54) is 56.6 Å². The maximum absolute atomic E-state index is 12.8. The Hall–Kier alpha value is -4.90. The number of carbonyl (C=O) groups is 2. The minimum atomic E-state index is -4.21. The van der Waals surface area contributed by atoms with Crippen LogP contribution in [0.3, 0.4) is 0 Å². The largest absolute Gasteiger partial charge is 0.493 e. The molecule has 0 saturated heterocycles. The monoisotopic (exact) mass is 532 g/mol. The summed E-state index contributed by atoms with van der Waals surface area (Å²) in [7, 11) is -2.83. The molecule has 11 heteroatoms. The fourth-order valence-corrected chi connectivity index (χ4v) is 4.46. The van der Waals surface area contributed by atoms with Crippen LogP contribution in [0.15, 0.2) is 101 Å². The van der Waals surface area contributed by atoms with Crippen LogP contribution < -0.4 is 19.7 Å². The van der Waals surface area contributed by atoms with Crippen molar-refractivity contribution in [2.75, 3.05) is 12.4 Å². The Morgan fingerprint density at radius 3 is 2.32 bits per heavy atom. The van der Waals surface area contributed by atoms with E-state index in [0.29, 0.717) is 22.5 Å². The molecule has 0 atom stereocenters. The predicted octanol–water partition coefficient (Wildman–Crippen LogP) is 3.98. The Morgan fingerprint density at radius 1 is 0.921 bits per heavy atom. The standard InChI is InChI=1S/C27H24N4O6S/c1-19(32)29-21-10-12-22(13-11-21)38(34,35)37-26-17-20(9-14-25(26)36-2)18-28-30-27(33)23-7-3-4-8-24(23)31-15-5-6-16-31/h3-18H,1-2H3,(H,29,32)(H,30,33)/b28-18-. The molecule has 3 aromatic carbocycles. The summed E-state index contributed by atoms with van der Waals surface area (Å²) >= 11 is 0. The van der Waals surface area contributed by atoms with Crippen LogP contribution in [0, 0.1) is 0 Å². The normalized spacial score (nSPS) is 11.2. The van der Waals surface area contributed by atoms with Gasteiger partial charge in [-0.25, -0.2) is 5.43 Å². The zero-order chi connectivity index (χ0) is 27.1. The van der Waals surface area contributed by atoms with Gasteiger partial charge in [0, 0.05) is 25.0 Å². The average Bonchev–Trinajstić information content (AvgIpc) is 3.44. The molecule has 194 valence electrons. The highest BCUT2D eigenvalue weighted by Crippen LogP contribution is 2.30. The van der Waals surface area contributed by atoms with Gasteiger partial charge in [0.05, 0.1) is 24.6 Å². The lowest BCUT2D eigenvalue weighted by molar-refractivity contribution is -0.114. The van der Waals surface area contributed by atoms with Crippen LogP contribution in [0.4, 0.5) is 5.69 Å². The summed E-state index contributed by atoms with van der Waals surface area (Å²) in [5.41, 5.74) is 4.51. The fourth-order valence-electron chi connectivity index (χ4n) is 3.52. The molecular formula is C27H24N4O6S. The lowest BCUT2D eigenvalue weighted by Gasteiger charge is -2.12. The van der Waals surface area contributed by atoms with Crippen molar-refractivity contribution in [3.63, 3.8) is 0 Å². The number of para-hydroxylation sites is 1. The molecule has 1 heterocycles. The number of ether oxygens (including phenoxy) is 1. The number of aromatic nitrogens is 1. The SMILES string of the molecule is COc1ccc(/C=N\NC(=O)c2ccccc2-n2cccc2)cc1OS(=O)(=O)c1ccc(NC(C)=O)cc1. The number of anilines is 1. The molecule has 0 saturated carbocycles. The second-order valence-electron chi connectivity index (χ2n) is 7.96. The number of nitrogens with one attached hydrogen (secondary N) is 2. The number of rotatable bonds is 9. The molecule has 2 amide bonds. The van der Waals surface area contributed by atoms with E-state index in [4.69, 9.17) is 8.92 Å². The maximum atomic E-state index is 12.8. The van der Waals surface area contributed by atoms with E-state index < -0.39 is 16.0 Å². The van der Waals surface area contributed by atoms with Crippen molar-refractivity contribution >= 4 is 33.8 Å². The minimum absolute atomic E-state index is 0.0633. The zero-order valence-corrected chi connectivity index (χ0v) is 21.3. The van der Waals surface area contributed by atoms with Gasteiger partial charge in [-0.2, -0.15) is 13.5 Å². The van der Waals surface area contributed by atoms with Crippen molar-refractivity contribution in [2.45, 2.75) is 11.8 Å². The molecule has 0 aliphatic heterocycles. The van der Waals surface area contributed by atoms with E-state index in [0.717, 1.165) is 0 Å². The molecule has 10 nitrogen and oxygen atoms in total. The first-order valence-corrected chi connectivity index (χ1v) is 12.7. The summed E-state index contributed by atoms with van der Waals surface area (Å²) in [4.78, 5) is 23.8. The molecule has 0 aliphatic carbocycles. The molecule has 4 aromatic rings. The summed E-state index contributed by atoms with van der Waals surface area (Å²) in [6, 6.07) is 20.9. The van der Waals surface area contributed by atoms with Crippen LogP contribution in [0.2, 0.25) is 0 Å². The number of hydrogen-bond donors (Lipinski definition) is 2. The van der Waals surface area contributed by atoms with Crippen LogP contribution in [-0.4, -0.2) is 38.1 Å². The first kappa shape index (κ1) is 26.2. The van der Waals surface area contributed by atoms with Crippen LogP contribution in [-0.2, 0) is 14.9 Å². The topological polar surface area (TPSA) is 128 Å². The van der Waals surface area contributed by atoms with E-state index in [-0.39, 0.29) is 22.3 Å². The van der Waals surface area contributed by atoms with Crippen molar-refractivity contribution in [3.05, 3.63) is 102 Å². The molecular weight excluding hydrogens is 508 g/mol. The number of nitrogens with zero attached hydrogens (tertiary/aromatic N) is 2. The van der Waals surface area contributed by atoms with Crippen molar-refractivity contribution in [1.82, 2.24) is 9.99 Å². The highest BCUT2D eigenvalue weighted by Gasteiger charge is 2.20. The zero-order valence-electron chi connectivity index (χ0n) is 20.5. The predicted molar refractivity (Wildman–Crippen MR) is 142 cm³/mol. The molecule has 38 heavy (non-hydrogen) atoms. The summed E-state index contributed by atoms with van der Waals surface area (Å²) in [6.45, 7) is 1.35. The van der Waals surface area contributed by atoms with Gasteiger partial charge in [0.25, 0.3) is 5.91 Å². The van der Waals surface area contributed by atoms with E-state index in [1.54, 1.807) is 18.2 Å². The molecule has 2 N–H and O–H groups in total. The maximum Gasteiger partial charge on any atom is 0.339 e. The summed E-state index contributed by atoms with van der Waals surface area (Å²) in [5, 5.41) is 6.58. The van der Waals surface area contributed by atoms with Gasteiger partial charge in [-0.1, -0.05) is 12.1 Å². The van der Waals surface area contributed by atoms with Crippen molar-refractivity contribution < 1.29 is 26.9 Å². The molecule has 4 rings (SSSR count). The summed E-state index contributed by atoms with van der Waals surface area (Å²) in [5.74, 6) is -0.570. The Balaban J connectivity index is 1.50. The third-order valence-electron chi connectivity index (χ3n) is 5.26. The Kier molecular flexibility index (Phi) is 7.88. The molecule has 0 aliphatic rings. The van der Waals surface area contributed by atoms with Gasteiger partial charge in [-0.05, 0) is 72.3 Å². The fraction of sp³-hybridized carbons (Fsp3) is 0.0741. The lowest BCUT2D eigenvalue weighted by atomic mass is 10.1. The molecule has 0 spiro atoms. The third kappa shape index (κ3) is 6.26. The summed E-state index contributed by atoms with van der Waals surface area (Å²) in [6.07, 6.45) is 5.02. The van der Waals surface area contributed by atoms with Crippen LogP contribution >= 0.6 is 0 Å². The van der Waals surface area contributed by atoms with Gasteiger partial charge in [0.1, 0.15) is 4.90 Å². The number of methoxy groups -OCH3 is 1. The second-order valence-corrected chi connectivity index (χ2v) is 9.51. The average molecular weight is 533 g/mol. The number of hydrazone groups is 1. The second kappa shape index (κ2) is 11.4. The van der Waals surface area contributed by atoms with Crippen molar-refractivity contribution in [1.29, 1.82) is 0 Å². The van der Waals surface area contributed by atoms with Gasteiger partial charge in [-0.3, -0.25) is 9.59 Å². The Morgan fingerprint density at radius 2 is 1.63 bits per heavy atom. The van der Waals surface area contributed by atoms with E-state index in [1.807, 2.05) is 41.2 Å². The van der Waals surface area contributed by atoms with Crippen LogP contribution in [0.5, 0.6) is 11.5 Å². The van der Waals surface area contributed by atoms with Gasteiger partial charge in [-0.15, -0.1) is 0 Å². The quantitative estimate of drug-likeness (QED) is 0.191. The van der Waals surface area contributed by atoms with Crippen molar-refractivity contribution in [3.8, 4) is 17.2 Å². The van der Waals surface area contributed by atoms with Crippen LogP contribution in [0.25, 0.3) is 5.69 Å². The molecule has 0 unspecified atom stereocenters. The minimum Gasteiger partial charge on any atom is -0.493 e. The molecule has 0 bridgehead atoms. The van der Waals surface area contributed by atoms with E-state index in [9.17, 15) is 18.0 Å². The molecule has 1 aromatic heterocycles. The van der Waals surface area contributed by atoms with Gasteiger partial charge in [0.15, 0.2) is 11.5 Å². The van der Waals surface area contributed by atoms with Crippen LogP contribution in [0.1, 0.15) is 22.8 Å². The van der Waals surface area contributed by atoms with Crippen molar-refractivity contribution in [2.24, 2.45) is 5.10 Å². The highest BCUT2D eigenvalue weighted by molar-refractivity contribution is 7.87. The van der Waals surface area contributed by atoms with E-state index >= 15 is 0 Å². The highest BCUT2D eigenvalue weighted by atomic mass is 32.2. The lowest BCUT2D eigenvalue weighted by Crippen LogP contribution is -2.19. The summed E-state index contributed by atoms with van der Waals surface area (Å²) < 4.78 is 38.1. The number of amides is 2. The smallest absolute Gasteiger partial charge is 0.339 e. The third-order valence-corrected chi connectivity index (χ3v) is 6.51. The first-order chi connectivity index (χ1) is 18.3. The molecule has 0 radical (unpaired) electrons.